The Morgan fingerprint density at radius 1 is 1.45 bits per heavy atom. The second kappa shape index (κ2) is 6.78. The molecule has 0 saturated heterocycles. The van der Waals surface area contributed by atoms with E-state index in [1.54, 1.807) is 18.5 Å². The van der Waals surface area contributed by atoms with Crippen LogP contribution in [-0.2, 0) is 23.1 Å². The number of sulfonamides is 1. The van der Waals surface area contributed by atoms with Crippen molar-refractivity contribution < 1.29 is 13.2 Å². The topological polar surface area (TPSA) is 81.2 Å². The number of ether oxygens (including phenoxy) is 1. The minimum atomic E-state index is -3.14. The lowest BCUT2D eigenvalue weighted by molar-refractivity contribution is 0.304. The molecule has 108 valence electrons. The molecule has 2 rings (SSSR count). The second-order valence-corrected chi connectivity index (χ2v) is 6.90. The van der Waals surface area contributed by atoms with Crippen molar-refractivity contribution in [3.63, 3.8) is 0 Å². The van der Waals surface area contributed by atoms with Crippen LogP contribution in [0.3, 0.4) is 0 Å². The van der Waals surface area contributed by atoms with Crippen LogP contribution < -0.4 is 9.46 Å². The Hall–Kier alpha value is -1.51. The maximum atomic E-state index is 10.9. The highest BCUT2D eigenvalue weighted by atomic mass is 32.2. The van der Waals surface area contributed by atoms with Crippen LogP contribution in [0.25, 0.3) is 0 Å². The van der Waals surface area contributed by atoms with Gasteiger partial charge in [-0.15, -0.1) is 11.3 Å². The van der Waals surface area contributed by atoms with Gasteiger partial charge < -0.3 is 4.74 Å². The lowest BCUT2D eigenvalue weighted by Gasteiger charge is -2.02. The van der Waals surface area contributed by atoms with Gasteiger partial charge in [-0.3, -0.25) is 4.98 Å². The van der Waals surface area contributed by atoms with E-state index in [0.717, 1.165) is 17.0 Å². The molecule has 0 bridgehead atoms. The summed E-state index contributed by atoms with van der Waals surface area (Å²) in [5.74, 6) is 0.697. The Labute approximate surface area is 121 Å². The number of pyridine rings is 1. The zero-order valence-corrected chi connectivity index (χ0v) is 12.6. The van der Waals surface area contributed by atoms with Crippen molar-refractivity contribution in [2.45, 2.75) is 13.0 Å². The second-order valence-electron chi connectivity index (χ2n) is 4.13. The summed E-state index contributed by atoms with van der Waals surface area (Å²) in [6.45, 7) is 0.737. The first kappa shape index (κ1) is 14.9. The van der Waals surface area contributed by atoms with Crippen LogP contribution in [0.2, 0.25) is 0 Å². The van der Waals surface area contributed by atoms with Gasteiger partial charge in [0.2, 0.25) is 10.0 Å². The van der Waals surface area contributed by atoms with Gasteiger partial charge >= 0.3 is 0 Å². The molecule has 2 aromatic heterocycles. The molecule has 0 fully saturated rings. The van der Waals surface area contributed by atoms with Crippen molar-refractivity contribution in [2.75, 3.05) is 12.8 Å². The van der Waals surface area contributed by atoms with Crippen LogP contribution in [0.1, 0.15) is 10.7 Å². The maximum Gasteiger partial charge on any atom is 0.208 e. The normalized spacial score (nSPS) is 11.4. The lowest BCUT2D eigenvalue weighted by Crippen LogP contribution is -2.24. The maximum absolute atomic E-state index is 10.9. The summed E-state index contributed by atoms with van der Waals surface area (Å²) in [7, 11) is -3.14. The molecule has 2 heterocycles. The molecule has 2 aromatic rings. The quantitative estimate of drug-likeness (QED) is 0.831. The fourth-order valence-electron chi connectivity index (χ4n) is 1.47. The van der Waals surface area contributed by atoms with Gasteiger partial charge in [-0.1, -0.05) is 0 Å². The van der Waals surface area contributed by atoms with E-state index in [1.165, 1.54) is 11.3 Å². The van der Waals surface area contributed by atoms with E-state index < -0.39 is 10.0 Å². The first-order chi connectivity index (χ1) is 9.53. The predicted octanol–water partition coefficient (Wildman–Crippen LogP) is 1.21. The molecule has 0 aliphatic heterocycles. The van der Waals surface area contributed by atoms with Crippen LogP contribution in [0.15, 0.2) is 29.9 Å². The van der Waals surface area contributed by atoms with Crippen molar-refractivity contribution in [2.24, 2.45) is 0 Å². The fraction of sp³-hybridized carbons (Fsp3) is 0.333. The average molecular weight is 313 g/mol. The molecule has 0 amide bonds. The lowest BCUT2D eigenvalue weighted by atomic mass is 10.3. The molecule has 0 atom stereocenters. The summed E-state index contributed by atoms with van der Waals surface area (Å²) in [6, 6.07) is 3.64. The van der Waals surface area contributed by atoms with E-state index in [0.29, 0.717) is 25.3 Å². The third-order valence-electron chi connectivity index (χ3n) is 2.34. The molecule has 20 heavy (non-hydrogen) atoms. The monoisotopic (exact) mass is 313 g/mol. The molecule has 0 spiro atoms. The third-order valence-corrected chi connectivity index (χ3v) is 3.94. The van der Waals surface area contributed by atoms with Crippen LogP contribution in [0, 0.1) is 0 Å². The molecule has 0 aliphatic carbocycles. The van der Waals surface area contributed by atoms with E-state index in [-0.39, 0.29) is 0 Å². The highest BCUT2D eigenvalue weighted by molar-refractivity contribution is 7.88. The average Bonchev–Trinajstić information content (AvgIpc) is 2.84. The van der Waals surface area contributed by atoms with Crippen molar-refractivity contribution in [3.05, 3.63) is 40.6 Å². The molecule has 6 nitrogen and oxygen atoms in total. The van der Waals surface area contributed by atoms with Gasteiger partial charge in [0.15, 0.2) is 0 Å². The zero-order valence-electron chi connectivity index (χ0n) is 10.9. The summed E-state index contributed by atoms with van der Waals surface area (Å²) in [5.41, 5.74) is 0.857. The Balaban J connectivity index is 1.80. The van der Waals surface area contributed by atoms with Gasteiger partial charge in [0.25, 0.3) is 0 Å². The minimum Gasteiger partial charge on any atom is -0.485 e. The first-order valence-electron chi connectivity index (χ1n) is 5.94. The minimum absolute atomic E-state index is 0.353. The number of aromatic nitrogens is 2. The number of nitrogens with zero attached hydrogens (tertiary/aromatic N) is 2. The van der Waals surface area contributed by atoms with Gasteiger partial charge in [0, 0.05) is 24.5 Å². The van der Waals surface area contributed by atoms with Gasteiger partial charge in [0.1, 0.15) is 17.4 Å². The first-order valence-corrected chi connectivity index (χ1v) is 8.71. The smallest absolute Gasteiger partial charge is 0.208 e. The fourth-order valence-corrected chi connectivity index (χ4v) is 2.68. The van der Waals surface area contributed by atoms with Crippen LogP contribution in [0.5, 0.6) is 5.75 Å². The number of hydrogen-bond donors (Lipinski definition) is 1. The van der Waals surface area contributed by atoms with Gasteiger partial charge in [0.05, 0.1) is 18.1 Å². The standard InChI is InChI=1S/C12H15N3O3S2/c1-20(16,17)14-6-4-10-9-19-12(15-10)8-18-11-3-2-5-13-7-11/h2-3,5,7,9,14H,4,6,8H2,1H3. The summed E-state index contributed by atoms with van der Waals surface area (Å²) in [4.78, 5) is 8.34. The summed E-state index contributed by atoms with van der Waals surface area (Å²) in [5, 5.41) is 2.76. The summed E-state index contributed by atoms with van der Waals surface area (Å²) >= 11 is 1.49. The predicted molar refractivity (Wildman–Crippen MR) is 77.2 cm³/mol. The van der Waals surface area contributed by atoms with Gasteiger partial charge in [-0.2, -0.15) is 0 Å². The highest BCUT2D eigenvalue weighted by Crippen LogP contribution is 2.14. The van der Waals surface area contributed by atoms with E-state index in [9.17, 15) is 8.42 Å². The molecule has 8 heteroatoms. The van der Waals surface area contributed by atoms with Gasteiger partial charge in [-0.05, 0) is 12.1 Å². The number of rotatable bonds is 7. The molecular weight excluding hydrogens is 298 g/mol. The highest BCUT2D eigenvalue weighted by Gasteiger charge is 2.05. The number of hydrogen-bond acceptors (Lipinski definition) is 6. The Morgan fingerprint density at radius 2 is 2.30 bits per heavy atom. The zero-order chi connectivity index (χ0) is 14.4. The Kier molecular flexibility index (Phi) is 5.05. The van der Waals surface area contributed by atoms with E-state index in [1.807, 2.05) is 11.4 Å². The molecule has 0 aliphatic rings. The molecule has 0 unspecified atom stereocenters. The Bertz CT molecular complexity index is 641. The van der Waals surface area contributed by atoms with Crippen molar-refractivity contribution in [3.8, 4) is 5.75 Å². The van der Waals surface area contributed by atoms with E-state index >= 15 is 0 Å². The summed E-state index contributed by atoms with van der Waals surface area (Å²) in [6.07, 6.45) is 5.03. The van der Waals surface area contributed by atoms with Crippen molar-refractivity contribution >= 4 is 21.4 Å². The number of thiazole rings is 1. The van der Waals surface area contributed by atoms with E-state index in [4.69, 9.17) is 4.74 Å². The Morgan fingerprint density at radius 3 is 3.00 bits per heavy atom. The molecule has 0 radical (unpaired) electrons. The third kappa shape index (κ3) is 5.24. The molecule has 0 saturated carbocycles. The van der Waals surface area contributed by atoms with Crippen molar-refractivity contribution in [1.82, 2.24) is 14.7 Å². The van der Waals surface area contributed by atoms with Crippen LogP contribution in [0.4, 0.5) is 0 Å². The molecule has 1 N–H and O–H groups in total. The van der Waals surface area contributed by atoms with E-state index in [2.05, 4.69) is 14.7 Å². The van der Waals surface area contributed by atoms with Crippen LogP contribution >= 0.6 is 11.3 Å². The largest absolute Gasteiger partial charge is 0.485 e. The summed E-state index contributed by atoms with van der Waals surface area (Å²) < 4.78 is 29.8. The SMILES string of the molecule is CS(=O)(=O)NCCc1csc(COc2cccnc2)n1. The van der Waals surface area contributed by atoms with Crippen LogP contribution in [-0.4, -0.2) is 31.2 Å². The number of nitrogens with one attached hydrogen (secondary N) is 1. The molecule has 0 aromatic carbocycles. The van der Waals surface area contributed by atoms with Crippen molar-refractivity contribution in [1.29, 1.82) is 0 Å². The van der Waals surface area contributed by atoms with Gasteiger partial charge in [-0.25, -0.2) is 18.1 Å². The molecular formula is C12H15N3O3S2.